The number of amides is 2. The first-order valence-corrected chi connectivity index (χ1v) is 12.1. The molecule has 194 valence electrons. The second-order valence-corrected chi connectivity index (χ2v) is 9.39. The van der Waals surface area contributed by atoms with Crippen molar-refractivity contribution in [2.75, 3.05) is 56.6 Å². The average molecular weight is 501 g/mol. The van der Waals surface area contributed by atoms with Gasteiger partial charge in [0.1, 0.15) is 24.1 Å². The molecule has 10 heteroatoms. The second kappa shape index (κ2) is 11.2. The standard InChI is InChI=1S/C26H33FN4O5/c1-29(2)19-7-3-17(4-8-19)26(35)28-16-22-25(34)24(33)21(36-22)15-23(32)31-13-11-30(12-14-31)20-9-5-18(27)6-10-20/h3-10,21-22,24-25,33-34H,11-16H2,1-2H3,(H,28,35)/t21-,22-,24-,25+/m0/s1. The maximum Gasteiger partial charge on any atom is 0.251 e. The minimum atomic E-state index is -1.23. The fourth-order valence-electron chi connectivity index (χ4n) is 4.54. The van der Waals surface area contributed by atoms with Crippen LogP contribution >= 0.6 is 0 Å². The molecule has 2 aliphatic heterocycles. The number of hydrogen-bond acceptors (Lipinski definition) is 7. The first kappa shape index (κ1) is 25.9. The summed E-state index contributed by atoms with van der Waals surface area (Å²) in [7, 11) is 3.82. The van der Waals surface area contributed by atoms with Gasteiger partial charge in [-0.2, -0.15) is 0 Å². The van der Waals surface area contributed by atoms with Crippen LogP contribution < -0.4 is 15.1 Å². The lowest BCUT2D eigenvalue weighted by Crippen LogP contribution is -2.49. The van der Waals surface area contributed by atoms with Crippen LogP contribution in [0.5, 0.6) is 0 Å². The van der Waals surface area contributed by atoms with Crippen molar-refractivity contribution in [3.05, 3.63) is 59.9 Å². The Labute approximate surface area is 210 Å². The van der Waals surface area contributed by atoms with Gasteiger partial charge in [-0.1, -0.05) is 0 Å². The Morgan fingerprint density at radius 2 is 1.58 bits per heavy atom. The van der Waals surface area contributed by atoms with Gasteiger partial charge >= 0.3 is 0 Å². The summed E-state index contributed by atoms with van der Waals surface area (Å²) in [6, 6.07) is 13.4. The van der Waals surface area contributed by atoms with Crippen LogP contribution in [0, 0.1) is 5.82 Å². The number of rotatable bonds is 7. The van der Waals surface area contributed by atoms with E-state index in [9.17, 15) is 24.2 Å². The zero-order valence-corrected chi connectivity index (χ0v) is 20.5. The van der Waals surface area contributed by atoms with Crippen molar-refractivity contribution in [3.63, 3.8) is 0 Å². The van der Waals surface area contributed by atoms with E-state index in [2.05, 4.69) is 10.2 Å². The Morgan fingerprint density at radius 1 is 0.972 bits per heavy atom. The molecule has 0 saturated carbocycles. The molecule has 0 radical (unpaired) electrons. The van der Waals surface area contributed by atoms with Crippen molar-refractivity contribution < 1.29 is 28.9 Å². The minimum absolute atomic E-state index is 0.00747. The fourth-order valence-corrected chi connectivity index (χ4v) is 4.54. The number of ether oxygens (including phenoxy) is 1. The van der Waals surface area contributed by atoms with Crippen LogP contribution in [0.2, 0.25) is 0 Å². The van der Waals surface area contributed by atoms with Crippen LogP contribution in [-0.4, -0.2) is 98.2 Å². The molecule has 2 aromatic carbocycles. The van der Waals surface area contributed by atoms with E-state index in [1.165, 1.54) is 12.1 Å². The van der Waals surface area contributed by atoms with E-state index >= 15 is 0 Å². The highest BCUT2D eigenvalue weighted by molar-refractivity contribution is 5.94. The number of halogens is 1. The largest absolute Gasteiger partial charge is 0.388 e. The Bertz CT molecular complexity index is 1040. The van der Waals surface area contributed by atoms with Crippen molar-refractivity contribution >= 4 is 23.2 Å². The maximum atomic E-state index is 13.2. The molecule has 2 aromatic rings. The summed E-state index contributed by atoms with van der Waals surface area (Å²) < 4.78 is 18.9. The maximum absolute atomic E-state index is 13.2. The van der Waals surface area contributed by atoms with E-state index in [0.29, 0.717) is 31.7 Å². The molecule has 2 saturated heterocycles. The zero-order valence-electron chi connectivity index (χ0n) is 20.5. The molecule has 9 nitrogen and oxygen atoms in total. The molecule has 0 aromatic heterocycles. The number of aliphatic hydroxyl groups excluding tert-OH is 2. The molecule has 0 aliphatic carbocycles. The van der Waals surface area contributed by atoms with Crippen LogP contribution in [-0.2, 0) is 9.53 Å². The summed E-state index contributed by atoms with van der Waals surface area (Å²) >= 11 is 0. The first-order valence-electron chi connectivity index (χ1n) is 12.1. The quantitative estimate of drug-likeness (QED) is 0.518. The van der Waals surface area contributed by atoms with E-state index in [1.807, 2.05) is 31.1 Å². The van der Waals surface area contributed by atoms with Gasteiger partial charge in [-0.15, -0.1) is 0 Å². The predicted molar refractivity (Wildman–Crippen MR) is 134 cm³/mol. The number of benzene rings is 2. The molecule has 2 aliphatic rings. The third kappa shape index (κ3) is 5.95. The van der Waals surface area contributed by atoms with Crippen LogP contribution in [0.4, 0.5) is 15.8 Å². The first-order chi connectivity index (χ1) is 17.2. The number of hydrogen-bond donors (Lipinski definition) is 3. The third-order valence-electron chi connectivity index (χ3n) is 6.77. The van der Waals surface area contributed by atoms with E-state index in [0.717, 1.165) is 11.4 Å². The van der Waals surface area contributed by atoms with Crippen LogP contribution in [0.3, 0.4) is 0 Å². The van der Waals surface area contributed by atoms with E-state index < -0.39 is 24.4 Å². The van der Waals surface area contributed by atoms with Gasteiger partial charge in [-0.3, -0.25) is 9.59 Å². The molecular formula is C26H33FN4O5. The molecule has 2 heterocycles. The predicted octanol–water partition coefficient (Wildman–Crippen LogP) is 0.850. The smallest absolute Gasteiger partial charge is 0.251 e. The molecule has 3 N–H and O–H groups in total. The van der Waals surface area contributed by atoms with Gasteiger partial charge in [0, 0.05) is 63.8 Å². The van der Waals surface area contributed by atoms with Crippen LogP contribution in [0.1, 0.15) is 16.8 Å². The molecule has 36 heavy (non-hydrogen) atoms. The van der Waals surface area contributed by atoms with Gasteiger partial charge in [0.2, 0.25) is 5.91 Å². The highest BCUT2D eigenvalue weighted by atomic mass is 19.1. The minimum Gasteiger partial charge on any atom is -0.388 e. The lowest BCUT2D eigenvalue weighted by Gasteiger charge is -2.36. The summed E-state index contributed by atoms with van der Waals surface area (Å²) in [5.74, 6) is -0.777. The molecule has 0 bridgehead atoms. The number of carbonyl (C=O) groups excluding carboxylic acids is 2. The summed E-state index contributed by atoms with van der Waals surface area (Å²) in [4.78, 5) is 31.0. The van der Waals surface area contributed by atoms with Gasteiger partial charge in [0.25, 0.3) is 5.91 Å². The van der Waals surface area contributed by atoms with E-state index in [1.54, 1.807) is 29.2 Å². The third-order valence-corrected chi connectivity index (χ3v) is 6.77. The van der Waals surface area contributed by atoms with Gasteiger partial charge in [0.15, 0.2) is 0 Å². The van der Waals surface area contributed by atoms with Gasteiger partial charge < -0.3 is 35.0 Å². The number of nitrogens with zero attached hydrogens (tertiary/aromatic N) is 3. The zero-order chi connectivity index (χ0) is 25.8. The number of piperazine rings is 1. The van der Waals surface area contributed by atoms with Crippen molar-refractivity contribution in [2.24, 2.45) is 0 Å². The number of anilines is 2. The molecule has 4 rings (SSSR count). The summed E-state index contributed by atoms with van der Waals surface area (Å²) in [5.41, 5.74) is 2.34. The van der Waals surface area contributed by atoms with Gasteiger partial charge in [-0.05, 0) is 48.5 Å². The summed E-state index contributed by atoms with van der Waals surface area (Å²) in [6.45, 7) is 2.21. The summed E-state index contributed by atoms with van der Waals surface area (Å²) in [5, 5.41) is 23.6. The van der Waals surface area contributed by atoms with Gasteiger partial charge in [0.05, 0.1) is 12.5 Å². The SMILES string of the molecule is CN(C)c1ccc(C(=O)NC[C@@H]2O[C@@H](CC(=O)N3CCN(c4ccc(F)cc4)CC3)[C@H](O)[C@@H]2O)cc1. The van der Waals surface area contributed by atoms with Crippen LogP contribution in [0.15, 0.2) is 48.5 Å². The number of carbonyl (C=O) groups is 2. The molecule has 0 unspecified atom stereocenters. The number of aliphatic hydroxyl groups is 2. The number of nitrogens with one attached hydrogen (secondary N) is 1. The van der Waals surface area contributed by atoms with Gasteiger partial charge in [-0.25, -0.2) is 4.39 Å². The monoisotopic (exact) mass is 500 g/mol. The Kier molecular flexibility index (Phi) is 8.07. The molecule has 0 spiro atoms. The van der Waals surface area contributed by atoms with Crippen LogP contribution in [0.25, 0.3) is 0 Å². The Morgan fingerprint density at radius 3 is 2.19 bits per heavy atom. The Hall–Kier alpha value is -3.21. The van der Waals surface area contributed by atoms with Crippen molar-refractivity contribution in [2.45, 2.75) is 30.8 Å². The van der Waals surface area contributed by atoms with Crippen molar-refractivity contribution in [1.82, 2.24) is 10.2 Å². The van der Waals surface area contributed by atoms with Crippen molar-refractivity contribution in [1.29, 1.82) is 0 Å². The topological polar surface area (TPSA) is 106 Å². The molecular weight excluding hydrogens is 467 g/mol. The Balaban J connectivity index is 1.24. The normalized spacial score (nSPS) is 24.0. The molecule has 4 atom stereocenters. The van der Waals surface area contributed by atoms with Crippen molar-refractivity contribution in [3.8, 4) is 0 Å². The van der Waals surface area contributed by atoms with E-state index in [-0.39, 0.29) is 30.6 Å². The second-order valence-electron chi connectivity index (χ2n) is 9.39. The lowest BCUT2D eigenvalue weighted by molar-refractivity contribution is -0.135. The summed E-state index contributed by atoms with van der Waals surface area (Å²) in [6.07, 6.45) is -4.18. The molecule has 2 amide bonds. The highest BCUT2D eigenvalue weighted by Crippen LogP contribution is 2.25. The highest BCUT2D eigenvalue weighted by Gasteiger charge is 2.44. The van der Waals surface area contributed by atoms with E-state index in [4.69, 9.17) is 4.74 Å². The molecule has 2 fully saturated rings. The lowest BCUT2D eigenvalue weighted by atomic mass is 10.0. The fraction of sp³-hybridized carbons (Fsp3) is 0.462. The average Bonchev–Trinajstić information content (AvgIpc) is 3.15.